The van der Waals surface area contributed by atoms with Crippen LogP contribution in [-0.2, 0) is 6.54 Å². The molecule has 0 saturated heterocycles. The maximum Gasteiger partial charge on any atom is 0.271 e. The Bertz CT molecular complexity index is 1030. The monoisotopic (exact) mass is 345 g/mol. The summed E-state index contributed by atoms with van der Waals surface area (Å²) in [6, 6.07) is 17.7. The van der Waals surface area contributed by atoms with Crippen molar-refractivity contribution in [1.82, 2.24) is 15.3 Å². The number of para-hydroxylation sites is 2. The third-order valence-electron chi connectivity index (χ3n) is 3.97. The van der Waals surface area contributed by atoms with Crippen molar-refractivity contribution in [2.45, 2.75) is 6.54 Å². The number of fused-ring (bicyclic) bond motifs is 1. The maximum atomic E-state index is 12.4. The Labute approximate surface area is 149 Å². The fourth-order valence-corrected chi connectivity index (χ4v) is 3.36. The molecular formula is C20H15N3OS. The Morgan fingerprint density at radius 1 is 1.00 bits per heavy atom. The molecule has 0 radical (unpaired) electrons. The van der Waals surface area contributed by atoms with Crippen LogP contribution in [0, 0.1) is 0 Å². The Kier molecular flexibility index (Phi) is 4.23. The van der Waals surface area contributed by atoms with Crippen LogP contribution in [-0.4, -0.2) is 15.9 Å². The van der Waals surface area contributed by atoms with E-state index in [-0.39, 0.29) is 5.91 Å². The predicted molar refractivity (Wildman–Crippen MR) is 100 cm³/mol. The van der Waals surface area contributed by atoms with Crippen LogP contribution in [0.15, 0.2) is 71.6 Å². The molecule has 0 aliphatic rings. The number of hydrogen-bond acceptors (Lipinski definition) is 4. The number of thiophene rings is 1. The highest BCUT2D eigenvalue weighted by molar-refractivity contribution is 7.08. The van der Waals surface area contributed by atoms with Crippen LogP contribution in [0.1, 0.15) is 16.1 Å². The van der Waals surface area contributed by atoms with Crippen molar-refractivity contribution < 1.29 is 4.79 Å². The molecule has 0 atom stereocenters. The molecule has 5 heteroatoms. The number of amides is 1. The molecular weight excluding hydrogens is 330 g/mol. The Morgan fingerprint density at radius 2 is 1.80 bits per heavy atom. The molecule has 0 unspecified atom stereocenters. The second-order valence-electron chi connectivity index (χ2n) is 5.60. The lowest BCUT2D eigenvalue weighted by atomic mass is 10.0. The lowest BCUT2D eigenvalue weighted by Gasteiger charge is -2.10. The molecule has 122 valence electrons. The van der Waals surface area contributed by atoms with E-state index in [0.29, 0.717) is 17.8 Å². The van der Waals surface area contributed by atoms with Crippen molar-refractivity contribution in [2.75, 3.05) is 0 Å². The van der Waals surface area contributed by atoms with Gasteiger partial charge in [0, 0.05) is 6.54 Å². The van der Waals surface area contributed by atoms with Crippen LogP contribution < -0.4 is 5.32 Å². The van der Waals surface area contributed by atoms with Crippen LogP contribution in [0.3, 0.4) is 0 Å². The highest BCUT2D eigenvalue weighted by atomic mass is 32.1. The second kappa shape index (κ2) is 6.83. The van der Waals surface area contributed by atoms with E-state index in [9.17, 15) is 4.79 Å². The van der Waals surface area contributed by atoms with E-state index >= 15 is 0 Å². The summed E-state index contributed by atoms with van der Waals surface area (Å²) >= 11 is 1.66. The molecule has 0 aliphatic carbocycles. The molecule has 0 saturated carbocycles. The van der Waals surface area contributed by atoms with E-state index < -0.39 is 0 Å². The van der Waals surface area contributed by atoms with Gasteiger partial charge >= 0.3 is 0 Å². The molecule has 0 bridgehead atoms. The third kappa shape index (κ3) is 3.27. The minimum absolute atomic E-state index is 0.224. The first-order chi connectivity index (χ1) is 12.3. The van der Waals surface area contributed by atoms with Crippen LogP contribution in [0.4, 0.5) is 0 Å². The minimum atomic E-state index is -0.224. The zero-order valence-electron chi connectivity index (χ0n) is 13.3. The van der Waals surface area contributed by atoms with Crippen molar-refractivity contribution in [2.24, 2.45) is 0 Å². The summed E-state index contributed by atoms with van der Waals surface area (Å²) in [7, 11) is 0. The molecule has 4 nitrogen and oxygen atoms in total. The zero-order valence-corrected chi connectivity index (χ0v) is 14.2. The molecule has 1 N–H and O–H groups in total. The van der Waals surface area contributed by atoms with E-state index in [4.69, 9.17) is 0 Å². The first kappa shape index (κ1) is 15.5. The van der Waals surface area contributed by atoms with Gasteiger partial charge in [-0.15, -0.1) is 0 Å². The third-order valence-corrected chi connectivity index (χ3v) is 4.65. The number of hydrogen-bond donors (Lipinski definition) is 1. The molecule has 25 heavy (non-hydrogen) atoms. The van der Waals surface area contributed by atoms with Gasteiger partial charge in [0.15, 0.2) is 0 Å². The number of carbonyl (C=O) groups is 1. The molecule has 0 aliphatic heterocycles. The standard InChI is InChI=1S/C20H15N3OS/c24-20(19-12-21-17-7-3-4-8-18(17)23-19)22-11-14-5-1-2-6-16(14)15-9-10-25-13-15/h1-10,12-13H,11H2,(H,22,24). The van der Waals surface area contributed by atoms with Gasteiger partial charge in [0.05, 0.1) is 17.2 Å². The molecule has 0 fully saturated rings. The average molecular weight is 345 g/mol. The van der Waals surface area contributed by atoms with Crippen molar-refractivity contribution >= 4 is 28.3 Å². The number of nitrogens with one attached hydrogen (secondary N) is 1. The Balaban J connectivity index is 1.54. The summed E-state index contributed by atoms with van der Waals surface area (Å²) in [5.74, 6) is -0.224. The number of nitrogens with zero attached hydrogens (tertiary/aromatic N) is 2. The average Bonchev–Trinajstić information content (AvgIpc) is 3.20. The van der Waals surface area contributed by atoms with E-state index in [1.807, 2.05) is 42.5 Å². The Hall–Kier alpha value is -3.05. The van der Waals surface area contributed by atoms with Gasteiger partial charge in [-0.2, -0.15) is 11.3 Å². The topological polar surface area (TPSA) is 54.9 Å². The number of carbonyl (C=O) groups excluding carboxylic acids is 1. The first-order valence-corrected chi connectivity index (χ1v) is 8.86. The Morgan fingerprint density at radius 3 is 2.64 bits per heavy atom. The highest BCUT2D eigenvalue weighted by Gasteiger charge is 2.11. The lowest BCUT2D eigenvalue weighted by molar-refractivity contribution is 0.0946. The van der Waals surface area contributed by atoms with Gasteiger partial charge < -0.3 is 5.32 Å². The fraction of sp³-hybridized carbons (Fsp3) is 0.0500. The molecule has 1 amide bonds. The summed E-state index contributed by atoms with van der Waals surface area (Å²) in [5, 5.41) is 7.10. The van der Waals surface area contributed by atoms with Crippen LogP contribution in [0.5, 0.6) is 0 Å². The zero-order chi connectivity index (χ0) is 17.1. The normalized spacial score (nSPS) is 10.7. The summed E-state index contributed by atoms with van der Waals surface area (Å²) in [6.45, 7) is 0.444. The summed E-state index contributed by atoms with van der Waals surface area (Å²) in [5.41, 5.74) is 5.19. The van der Waals surface area contributed by atoms with E-state index in [0.717, 1.165) is 16.6 Å². The lowest BCUT2D eigenvalue weighted by Crippen LogP contribution is -2.24. The van der Waals surface area contributed by atoms with Crippen molar-refractivity contribution in [3.63, 3.8) is 0 Å². The molecule has 0 spiro atoms. The summed E-state index contributed by atoms with van der Waals surface area (Å²) < 4.78 is 0. The maximum absolute atomic E-state index is 12.4. The van der Waals surface area contributed by atoms with Gasteiger partial charge in [-0.3, -0.25) is 9.78 Å². The van der Waals surface area contributed by atoms with Crippen molar-refractivity contribution in [3.05, 3.63) is 82.8 Å². The van der Waals surface area contributed by atoms with Gasteiger partial charge in [0.2, 0.25) is 0 Å². The molecule has 4 rings (SSSR count). The smallest absolute Gasteiger partial charge is 0.271 e. The highest BCUT2D eigenvalue weighted by Crippen LogP contribution is 2.25. The SMILES string of the molecule is O=C(NCc1ccccc1-c1ccsc1)c1cnc2ccccc2n1. The first-order valence-electron chi connectivity index (χ1n) is 7.92. The summed E-state index contributed by atoms with van der Waals surface area (Å²) in [4.78, 5) is 21.1. The summed E-state index contributed by atoms with van der Waals surface area (Å²) in [6.07, 6.45) is 1.52. The van der Waals surface area contributed by atoms with Gasteiger partial charge in [-0.1, -0.05) is 36.4 Å². The molecule has 2 aromatic carbocycles. The van der Waals surface area contributed by atoms with E-state index in [2.05, 4.69) is 38.2 Å². The van der Waals surface area contributed by atoms with Gasteiger partial charge in [0.1, 0.15) is 5.69 Å². The van der Waals surface area contributed by atoms with Crippen molar-refractivity contribution in [1.29, 1.82) is 0 Å². The van der Waals surface area contributed by atoms with E-state index in [1.54, 1.807) is 11.3 Å². The van der Waals surface area contributed by atoms with Gasteiger partial charge in [0.25, 0.3) is 5.91 Å². The molecule has 2 heterocycles. The van der Waals surface area contributed by atoms with Gasteiger partial charge in [-0.05, 0) is 45.6 Å². The molecule has 4 aromatic rings. The van der Waals surface area contributed by atoms with Gasteiger partial charge in [-0.25, -0.2) is 4.98 Å². The number of aromatic nitrogens is 2. The predicted octanol–water partition coefficient (Wildman–Crippen LogP) is 4.29. The number of benzene rings is 2. The minimum Gasteiger partial charge on any atom is -0.347 e. The fourth-order valence-electron chi connectivity index (χ4n) is 2.71. The second-order valence-corrected chi connectivity index (χ2v) is 6.38. The van der Waals surface area contributed by atoms with Crippen LogP contribution in [0.25, 0.3) is 22.2 Å². The van der Waals surface area contributed by atoms with Crippen LogP contribution >= 0.6 is 11.3 Å². The van der Waals surface area contributed by atoms with Crippen LogP contribution in [0.2, 0.25) is 0 Å². The number of rotatable bonds is 4. The quantitative estimate of drug-likeness (QED) is 0.600. The molecule has 2 aromatic heterocycles. The van der Waals surface area contributed by atoms with Crippen molar-refractivity contribution in [3.8, 4) is 11.1 Å². The largest absolute Gasteiger partial charge is 0.347 e. The van der Waals surface area contributed by atoms with E-state index in [1.165, 1.54) is 11.8 Å².